The number of anilines is 1. The third-order valence-electron chi connectivity index (χ3n) is 4.06. The standard InChI is InChI=1S/C18H22N2.ClH/c1-2-14-6-3-4-7-16(14)12-19-13-17-9-5-8-15-10-11-20-18(15)17;/h3-9,19-20H,2,10-13H2,1H3;1H. The largest absolute Gasteiger partial charge is 0.384 e. The molecule has 112 valence electrons. The molecule has 0 aliphatic carbocycles. The first-order valence-corrected chi connectivity index (χ1v) is 7.50. The third kappa shape index (κ3) is 3.58. The monoisotopic (exact) mass is 302 g/mol. The van der Waals surface area contributed by atoms with E-state index in [-0.39, 0.29) is 12.4 Å². The fourth-order valence-electron chi connectivity index (χ4n) is 2.96. The highest BCUT2D eigenvalue weighted by atomic mass is 35.5. The van der Waals surface area contributed by atoms with E-state index in [4.69, 9.17) is 0 Å². The summed E-state index contributed by atoms with van der Waals surface area (Å²) in [5, 5.41) is 7.08. The number of halogens is 1. The van der Waals surface area contributed by atoms with Gasteiger partial charge in [0.1, 0.15) is 0 Å². The molecule has 0 unspecified atom stereocenters. The molecule has 0 fully saturated rings. The summed E-state index contributed by atoms with van der Waals surface area (Å²) >= 11 is 0. The molecule has 0 saturated heterocycles. The van der Waals surface area contributed by atoms with Crippen LogP contribution in [0.3, 0.4) is 0 Å². The number of nitrogens with one attached hydrogen (secondary N) is 2. The lowest BCUT2D eigenvalue weighted by molar-refractivity contribution is 0.689. The van der Waals surface area contributed by atoms with Gasteiger partial charge in [0.15, 0.2) is 0 Å². The lowest BCUT2D eigenvalue weighted by Crippen LogP contribution is -2.14. The van der Waals surface area contributed by atoms with Crippen molar-refractivity contribution >= 4 is 18.1 Å². The average Bonchev–Trinajstić information content (AvgIpc) is 2.97. The molecule has 3 rings (SSSR count). The van der Waals surface area contributed by atoms with Crippen LogP contribution in [0.5, 0.6) is 0 Å². The molecule has 0 atom stereocenters. The molecule has 0 saturated carbocycles. The zero-order valence-electron chi connectivity index (χ0n) is 12.5. The van der Waals surface area contributed by atoms with Gasteiger partial charge in [-0.2, -0.15) is 0 Å². The van der Waals surface area contributed by atoms with Gasteiger partial charge < -0.3 is 10.6 Å². The van der Waals surface area contributed by atoms with E-state index >= 15 is 0 Å². The lowest BCUT2D eigenvalue weighted by atomic mass is 10.0. The molecule has 2 aromatic rings. The topological polar surface area (TPSA) is 24.1 Å². The van der Waals surface area contributed by atoms with Crippen LogP contribution in [0.15, 0.2) is 42.5 Å². The van der Waals surface area contributed by atoms with Crippen LogP contribution in [-0.4, -0.2) is 6.54 Å². The Morgan fingerprint density at radius 2 is 1.67 bits per heavy atom. The Morgan fingerprint density at radius 3 is 2.48 bits per heavy atom. The first-order chi connectivity index (χ1) is 9.88. The second-order valence-electron chi connectivity index (χ2n) is 5.35. The van der Waals surface area contributed by atoms with Crippen molar-refractivity contribution in [1.82, 2.24) is 5.32 Å². The van der Waals surface area contributed by atoms with Crippen molar-refractivity contribution in [2.75, 3.05) is 11.9 Å². The van der Waals surface area contributed by atoms with Crippen LogP contribution < -0.4 is 10.6 Å². The summed E-state index contributed by atoms with van der Waals surface area (Å²) in [6.07, 6.45) is 2.25. The fraction of sp³-hybridized carbons (Fsp3) is 0.333. The summed E-state index contributed by atoms with van der Waals surface area (Å²) in [5.74, 6) is 0. The van der Waals surface area contributed by atoms with Crippen LogP contribution in [0, 0.1) is 0 Å². The number of benzene rings is 2. The predicted octanol–water partition coefficient (Wildman–Crippen LogP) is 3.93. The number of aryl methyl sites for hydroxylation is 1. The molecule has 2 nitrogen and oxygen atoms in total. The molecule has 0 aromatic heterocycles. The number of para-hydroxylation sites is 1. The number of fused-ring (bicyclic) bond motifs is 1. The van der Waals surface area contributed by atoms with Crippen LogP contribution in [0.25, 0.3) is 0 Å². The minimum Gasteiger partial charge on any atom is -0.384 e. The maximum absolute atomic E-state index is 3.58. The predicted molar refractivity (Wildman–Crippen MR) is 92.2 cm³/mol. The van der Waals surface area contributed by atoms with Gasteiger partial charge in [-0.25, -0.2) is 0 Å². The van der Waals surface area contributed by atoms with Crippen molar-refractivity contribution in [1.29, 1.82) is 0 Å². The lowest BCUT2D eigenvalue weighted by Gasteiger charge is -2.12. The van der Waals surface area contributed by atoms with Gasteiger partial charge in [0, 0.05) is 25.3 Å². The van der Waals surface area contributed by atoms with E-state index < -0.39 is 0 Å². The molecule has 1 aliphatic rings. The number of rotatable bonds is 5. The van der Waals surface area contributed by atoms with Gasteiger partial charge in [0.05, 0.1) is 0 Å². The molecule has 1 heterocycles. The van der Waals surface area contributed by atoms with Crippen molar-refractivity contribution in [2.45, 2.75) is 32.9 Å². The van der Waals surface area contributed by atoms with Gasteiger partial charge >= 0.3 is 0 Å². The van der Waals surface area contributed by atoms with E-state index in [1.54, 1.807) is 0 Å². The van der Waals surface area contributed by atoms with E-state index in [9.17, 15) is 0 Å². The van der Waals surface area contributed by atoms with Crippen molar-refractivity contribution in [3.8, 4) is 0 Å². The highest BCUT2D eigenvalue weighted by Crippen LogP contribution is 2.26. The Hall–Kier alpha value is -1.51. The summed E-state index contributed by atoms with van der Waals surface area (Å²) in [4.78, 5) is 0. The van der Waals surface area contributed by atoms with Crippen LogP contribution in [-0.2, 0) is 25.9 Å². The summed E-state index contributed by atoms with van der Waals surface area (Å²) in [5.41, 5.74) is 7.04. The Balaban J connectivity index is 0.00000161. The molecule has 21 heavy (non-hydrogen) atoms. The van der Waals surface area contributed by atoms with Crippen LogP contribution in [0.2, 0.25) is 0 Å². The van der Waals surface area contributed by atoms with Crippen molar-refractivity contribution in [3.05, 3.63) is 64.7 Å². The van der Waals surface area contributed by atoms with E-state index in [0.29, 0.717) is 0 Å². The zero-order chi connectivity index (χ0) is 13.8. The van der Waals surface area contributed by atoms with Crippen molar-refractivity contribution < 1.29 is 0 Å². The smallest absolute Gasteiger partial charge is 0.0419 e. The van der Waals surface area contributed by atoms with Gasteiger partial charge in [-0.15, -0.1) is 12.4 Å². The number of hydrogen-bond acceptors (Lipinski definition) is 2. The van der Waals surface area contributed by atoms with E-state index in [1.165, 1.54) is 27.9 Å². The molecule has 1 aliphatic heterocycles. The van der Waals surface area contributed by atoms with Gasteiger partial charge in [-0.1, -0.05) is 49.4 Å². The van der Waals surface area contributed by atoms with E-state index in [0.717, 1.165) is 32.5 Å². The van der Waals surface area contributed by atoms with Gasteiger partial charge in [-0.05, 0) is 35.1 Å². The van der Waals surface area contributed by atoms with Crippen molar-refractivity contribution in [2.24, 2.45) is 0 Å². The second kappa shape index (κ2) is 7.48. The molecular formula is C18H23ClN2. The fourth-order valence-corrected chi connectivity index (χ4v) is 2.96. The average molecular weight is 303 g/mol. The molecular weight excluding hydrogens is 280 g/mol. The van der Waals surface area contributed by atoms with Crippen molar-refractivity contribution in [3.63, 3.8) is 0 Å². The summed E-state index contributed by atoms with van der Waals surface area (Å²) in [6.45, 7) is 5.15. The molecule has 0 bridgehead atoms. The van der Waals surface area contributed by atoms with Crippen LogP contribution >= 0.6 is 12.4 Å². The zero-order valence-corrected chi connectivity index (χ0v) is 13.3. The molecule has 0 spiro atoms. The highest BCUT2D eigenvalue weighted by molar-refractivity contribution is 5.85. The maximum Gasteiger partial charge on any atom is 0.0419 e. The molecule has 0 radical (unpaired) electrons. The Bertz CT molecular complexity index is 596. The molecule has 2 N–H and O–H groups in total. The summed E-state index contributed by atoms with van der Waals surface area (Å²) in [6, 6.07) is 15.3. The summed E-state index contributed by atoms with van der Waals surface area (Å²) < 4.78 is 0. The highest BCUT2D eigenvalue weighted by Gasteiger charge is 2.12. The molecule has 0 amide bonds. The van der Waals surface area contributed by atoms with Crippen LogP contribution in [0.1, 0.15) is 29.2 Å². The SMILES string of the molecule is CCc1ccccc1CNCc1cccc2c1NCC2.Cl. The Kier molecular flexibility index (Phi) is 5.66. The first kappa shape index (κ1) is 15.9. The van der Waals surface area contributed by atoms with Gasteiger partial charge in [0.25, 0.3) is 0 Å². The molecule has 3 heteroatoms. The van der Waals surface area contributed by atoms with Crippen LogP contribution in [0.4, 0.5) is 5.69 Å². The van der Waals surface area contributed by atoms with E-state index in [1.807, 2.05) is 0 Å². The third-order valence-corrected chi connectivity index (χ3v) is 4.06. The Labute approximate surface area is 133 Å². The van der Waals surface area contributed by atoms with Gasteiger partial charge in [-0.3, -0.25) is 0 Å². The summed E-state index contributed by atoms with van der Waals surface area (Å²) in [7, 11) is 0. The second-order valence-corrected chi connectivity index (χ2v) is 5.35. The first-order valence-electron chi connectivity index (χ1n) is 7.50. The molecule has 2 aromatic carbocycles. The number of hydrogen-bond donors (Lipinski definition) is 2. The maximum atomic E-state index is 3.58. The minimum absolute atomic E-state index is 0. The minimum atomic E-state index is 0. The Morgan fingerprint density at radius 1 is 0.952 bits per heavy atom. The normalized spacial score (nSPS) is 12.4. The van der Waals surface area contributed by atoms with Gasteiger partial charge in [0.2, 0.25) is 0 Å². The quantitative estimate of drug-likeness (QED) is 0.874. The van der Waals surface area contributed by atoms with E-state index in [2.05, 4.69) is 60.0 Å².